The number of rotatable bonds is 7. The fourth-order valence-corrected chi connectivity index (χ4v) is 4.13. The number of nitrogens with zero attached hydrogens (tertiary/aromatic N) is 2. The van der Waals surface area contributed by atoms with Gasteiger partial charge >= 0.3 is 0 Å². The van der Waals surface area contributed by atoms with Gasteiger partial charge in [-0.25, -0.2) is 8.78 Å². The van der Waals surface area contributed by atoms with Crippen LogP contribution in [0.1, 0.15) is 27.9 Å². The summed E-state index contributed by atoms with van der Waals surface area (Å²) < 4.78 is 28.0. The molecule has 174 valence electrons. The first-order valence-corrected chi connectivity index (χ1v) is 11.2. The zero-order valence-corrected chi connectivity index (χ0v) is 18.7. The van der Waals surface area contributed by atoms with Crippen molar-refractivity contribution in [3.05, 3.63) is 124 Å². The summed E-state index contributed by atoms with van der Waals surface area (Å²) >= 11 is 0. The summed E-state index contributed by atoms with van der Waals surface area (Å²) in [5.41, 5.74) is 4.10. The van der Waals surface area contributed by atoms with Crippen molar-refractivity contribution >= 4 is 16.7 Å². The first-order chi connectivity index (χ1) is 17.0. The van der Waals surface area contributed by atoms with Crippen LogP contribution >= 0.6 is 0 Å². The normalized spacial score (nSPS) is 11.1. The number of nitrogens with one attached hydrogen (secondary N) is 1. The Balaban J connectivity index is 1.30. The van der Waals surface area contributed by atoms with Crippen molar-refractivity contribution in [3.8, 4) is 11.1 Å². The van der Waals surface area contributed by atoms with Gasteiger partial charge in [-0.15, -0.1) is 0 Å². The van der Waals surface area contributed by atoms with Gasteiger partial charge in [-0.1, -0.05) is 36.4 Å². The third kappa shape index (κ3) is 4.80. The lowest BCUT2D eigenvalue weighted by atomic mass is 9.98. The van der Waals surface area contributed by atoms with Gasteiger partial charge in [-0.2, -0.15) is 5.10 Å². The Morgan fingerprint density at radius 1 is 0.886 bits per heavy atom. The molecule has 7 heteroatoms. The molecule has 1 N–H and O–H groups in total. The third-order valence-corrected chi connectivity index (χ3v) is 6.00. The lowest BCUT2D eigenvalue weighted by Crippen LogP contribution is -2.26. The van der Waals surface area contributed by atoms with Crippen LogP contribution in [0.2, 0.25) is 0 Å². The van der Waals surface area contributed by atoms with Crippen LogP contribution in [0.4, 0.5) is 8.78 Å². The maximum atomic E-state index is 13.5. The molecular weight excluding hydrogens is 448 g/mol. The average molecular weight is 469 g/mol. The Kier molecular flexibility index (Phi) is 6.06. The van der Waals surface area contributed by atoms with Crippen molar-refractivity contribution in [2.45, 2.75) is 19.4 Å². The first-order valence-electron chi connectivity index (χ1n) is 11.2. The number of Topliss-reactive ketones (excluding diaryl/α,β-unsaturated/α-hetero) is 1. The lowest BCUT2D eigenvalue weighted by Gasteiger charge is -2.09. The molecule has 2 aromatic heterocycles. The second-order valence-corrected chi connectivity index (χ2v) is 8.40. The van der Waals surface area contributed by atoms with Gasteiger partial charge in [-0.05, 0) is 65.1 Å². The average Bonchev–Trinajstić information content (AvgIpc) is 3.34. The van der Waals surface area contributed by atoms with Crippen LogP contribution in [0.25, 0.3) is 22.0 Å². The predicted octanol–water partition coefficient (Wildman–Crippen LogP) is 5.53. The number of H-pyrrole nitrogens is 1. The highest BCUT2D eigenvalue weighted by atomic mass is 19.2. The smallest absolute Gasteiger partial charge is 0.261 e. The molecule has 0 fully saturated rings. The van der Waals surface area contributed by atoms with E-state index in [4.69, 9.17) is 0 Å². The van der Waals surface area contributed by atoms with Crippen molar-refractivity contribution in [1.82, 2.24) is 14.8 Å². The number of aryl methyl sites for hydroxylation is 1. The number of aromatic nitrogens is 3. The lowest BCUT2D eigenvalue weighted by molar-refractivity contribution is 0.0981. The van der Waals surface area contributed by atoms with E-state index in [9.17, 15) is 18.4 Å². The second-order valence-electron chi connectivity index (χ2n) is 8.40. The number of hydrogen-bond acceptors (Lipinski definition) is 3. The molecule has 35 heavy (non-hydrogen) atoms. The van der Waals surface area contributed by atoms with Gasteiger partial charge in [0, 0.05) is 18.0 Å². The largest absolute Gasteiger partial charge is 0.310 e. The minimum absolute atomic E-state index is 0.0419. The summed E-state index contributed by atoms with van der Waals surface area (Å²) in [7, 11) is 0. The zero-order valence-electron chi connectivity index (χ0n) is 18.7. The van der Waals surface area contributed by atoms with Gasteiger partial charge < -0.3 is 4.57 Å². The van der Waals surface area contributed by atoms with Gasteiger partial charge in [0.2, 0.25) is 0 Å². The number of pyridine rings is 1. The fourth-order valence-electron chi connectivity index (χ4n) is 4.13. The van der Waals surface area contributed by atoms with E-state index >= 15 is 0 Å². The molecule has 5 nitrogen and oxygen atoms in total. The van der Waals surface area contributed by atoms with Gasteiger partial charge in [0.25, 0.3) is 5.56 Å². The predicted molar refractivity (Wildman–Crippen MR) is 130 cm³/mol. The Hall–Kier alpha value is -4.39. The van der Waals surface area contributed by atoms with Gasteiger partial charge in [0.15, 0.2) is 17.4 Å². The molecule has 0 saturated carbocycles. The summed E-state index contributed by atoms with van der Waals surface area (Å²) in [4.78, 5) is 25.7. The Morgan fingerprint density at radius 2 is 1.74 bits per heavy atom. The number of carbonyl (C=O) groups excluding carboxylic acids is 1. The summed E-state index contributed by atoms with van der Waals surface area (Å²) in [5, 5.41) is 8.01. The molecule has 0 saturated heterocycles. The van der Waals surface area contributed by atoms with E-state index in [-0.39, 0.29) is 24.3 Å². The molecule has 0 aliphatic rings. The molecule has 0 bridgehead atoms. The number of aromatic amines is 1. The SMILES string of the molecule is O=C(CCc1cccc(-c2ccc3[nH]ncc3c2)c1)c1cccn(Cc2ccc(F)c(F)c2)c1=O. The Labute approximate surface area is 199 Å². The highest BCUT2D eigenvalue weighted by Crippen LogP contribution is 2.24. The van der Waals surface area contributed by atoms with Crippen LogP contribution in [0.5, 0.6) is 0 Å². The van der Waals surface area contributed by atoms with E-state index in [0.717, 1.165) is 39.7 Å². The topological polar surface area (TPSA) is 67.8 Å². The molecule has 5 rings (SSSR count). The molecule has 0 unspecified atom stereocenters. The summed E-state index contributed by atoms with van der Waals surface area (Å²) in [6, 6.07) is 20.6. The number of ketones is 1. The van der Waals surface area contributed by atoms with Crippen LogP contribution in [-0.4, -0.2) is 20.5 Å². The van der Waals surface area contributed by atoms with Gasteiger partial charge in [0.05, 0.1) is 23.8 Å². The van der Waals surface area contributed by atoms with Crippen LogP contribution in [0, 0.1) is 11.6 Å². The molecule has 0 atom stereocenters. The number of fused-ring (bicyclic) bond motifs is 1. The van der Waals surface area contributed by atoms with Crippen molar-refractivity contribution in [1.29, 1.82) is 0 Å². The fraction of sp³-hybridized carbons (Fsp3) is 0.107. The van der Waals surface area contributed by atoms with Gasteiger partial charge in [0.1, 0.15) is 0 Å². The summed E-state index contributed by atoms with van der Waals surface area (Å²) in [6.45, 7) is 0.0419. The molecule has 0 amide bonds. The maximum Gasteiger partial charge on any atom is 0.261 e. The first kappa shape index (κ1) is 22.4. The van der Waals surface area contributed by atoms with Crippen molar-refractivity contribution in [2.75, 3.05) is 0 Å². The van der Waals surface area contributed by atoms with Crippen molar-refractivity contribution in [3.63, 3.8) is 0 Å². The zero-order chi connectivity index (χ0) is 24.4. The molecule has 0 aliphatic carbocycles. The van der Waals surface area contributed by atoms with Crippen LogP contribution in [-0.2, 0) is 13.0 Å². The molecular formula is C28H21F2N3O2. The molecule has 0 aliphatic heterocycles. The summed E-state index contributed by atoms with van der Waals surface area (Å²) in [5.74, 6) is -2.19. The van der Waals surface area contributed by atoms with Crippen molar-refractivity contribution < 1.29 is 13.6 Å². The monoisotopic (exact) mass is 469 g/mol. The molecule has 0 spiro atoms. The quantitative estimate of drug-likeness (QED) is 0.319. The maximum absolute atomic E-state index is 13.5. The number of hydrogen-bond donors (Lipinski definition) is 1. The van der Waals surface area contributed by atoms with E-state index in [1.165, 1.54) is 22.9 Å². The highest BCUT2D eigenvalue weighted by Gasteiger charge is 2.13. The van der Waals surface area contributed by atoms with E-state index in [1.54, 1.807) is 12.3 Å². The molecule has 0 radical (unpaired) electrons. The van der Waals surface area contributed by atoms with Crippen molar-refractivity contribution in [2.24, 2.45) is 0 Å². The van der Waals surface area contributed by atoms with E-state index in [2.05, 4.69) is 16.3 Å². The third-order valence-electron chi connectivity index (χ3n) is 6.00. The van der Waals surface area contributed by atoms with E-state index in [0.29, 0.717) is 12.0 Å². The molecule has 5 aromatic rings. The number of carbonyl (C=O) groups is 1. The Bertz CT molecular complexity index is 1600. The number of halogens is 2. The van der Waals surface area contributed by atoms with Crippen LogP contribution < -0.4 is 5.56 Å². The molecule has 2 heterocycles. The standard InChI is InChI=1S/C28H21F2N3O2/c29-24-9-6-19(14-25(24)30)17-33-12-2-5-23(28(33)35)27(34)11-7-18-3-1-4-20(13-18)21-8-10-26-22(15-21)16-31-32-26/h1-6,8-10,12-16H,7,11,17H2,(H,31,32). The minimum Gasteiger partial charge on any atom is -0.310 e. The van der Waals surface area contributed by atoms with Gasteiger partial charge in [-0.3, -0.25) is 14.7 Å². The van der Waals surface area contributed by atoms with Crippen LogP contribution in [0.15, 0.2) is 90.0 Å². The van der Waals surface area contributed by atoms with E-state index in [1.807, 2.05) is 36.4 Å². The minimum atomic E-state index is -0.977. The number of benzene rings is 3. The van der Waals surface area contributed by atoms with Crippen LogP contribution in [0.3, 0.4) is 0 Å². The molecule has 3 aromatic carbocycles. The van der Waals surface area contributed by atoms with E-state index < -0.39 is 17.2 Å². The Morgan fingerprint density at radius 3 is 2.60 bits per heavy atom. The highest BCUT2D eigenvalue weighted by molar-refractivity contribution is 5.95. The second kappa shape index (κ2) is 9.46. The summed E-state index contributed by atoms with van der Waals surface area (Å²) in [6.07, 6.45) is 3.97.